The summed E-state index contributed by atoms with van der Waals surface area (Å²) < 4.78 is 68.9. The monoisotopic (exact) mass is 557 g/mol. The third-order valence-electron chi connectivity index (χ3n) is 6.62. The van der Waals surface area contributed by atoms with E-state index < -0.39 is 24.3 Å². The molecule has 2 saturated heterocycles. The van der Waals surface area contributed by atoms with Crippen LogP contribution in [0.3, 0.4) is 0 Å². The topological polar surface area (TPSA) is 120 Å². The molecule has 15 heteroatoms. The molecule has 3 aliphatic rings. The van der Waals surface area contributed by atoms with E-state index >= 15 is 0 Å². The number of amides is 1. The minimum absolute atomic E-state index is 0.229. The highest BCUT2D eigenvalue weighted by atomic mass is 19.4. The molecule has 38 heavy (non-hydrogen) atoms. The molecule has 0 unspecified atom stereocenters. The zero-order valence-electron chi connectivity index (χ0n) is 20.3. The van der Waals surface area contributed by atoms with Gasteiger partial charge in [0.25, 0.3) is 0 Å². The SMILES string of the molecule is O=C(Cc1ccccn1)N1CCC2(CC1)CC(N1CCOCC1)C2.O=C(O)C(F)(F)F.O=C(O)C(F)(F)F. The number of alkyl halides is 6. The Bertz CT molecular complexity index is 898. The van der Waals surface area contributed by atoms with Crippen LogP contribution in [0.15, 0.2) is 24.4 Å². The normalized spacial score (nSPS) is 19.8. The van der Waals surface area contributed by atoms with Gasteiger partial charge in [-0.2, -0.15) is 26.3 Å². The highest BCUT2D eigenvalue weighted by Crippen LogP contribution is 2.51. The summed E-state index contributed by atoms with van der Waals surface area (Å²) in [5, 5.41) is 14.2. The molecule has 1 aromatic heterocycles. The Kier molecular flexibility index (Phi) is 10.9. The highest BCUT2D eigenvalue weighted by Gasteiger charge is 2.48. The van der Waals surface area contributed by atoms with Gasteiger partial charge in [-0.25, -0.2) is 9.59 Å². The first-order valence-electron chi connectivity index (χ1n) is 11.7. The maximum atomic E-state index is 12.5. The molecule has 3 fully saturated rings. The van der Waals surface area contributed by atoms with Crippen molar-refractivity contribution in [2.75, 3.05) is 39.4 Å². The number of ether oxygens (including phenoxy) is 1. The third kappa shape index (κ3) is 9.74. The number of morpholine rings is 1. The summed E-state index contributed by atoms with van der Waals surface area (Å²) in [5.41, 5.74) is 1.38. The Morgan fingerprint density at radius 1 is 0.921 bits per heavy atom. The van der Waals surface area contributed by atoms with Gasteiger partial charge in [-0.15, -0.1) is 0 Å². The lowest BCUT2D eigenvalue weighted by Gasteiger charge is -2.55. The number of piperidine rings is 1. The Hall–Kier alpha value is -2.94. The number of carbonyl (C=O) groups excluding carboxylic acids is 1. The number of carboxylic acid groups (broad SMARTS) is 2. The summed E-state index contributed by atoms with van der Waals surface area (Å²) in [5.74, 6) is -5.28. The number of hydrogen-bond acceptors (Lipinski definition) is 6. The van der Waals surface area contributed by atoms with E-state index in [1.54, 1.807) is 6.20 Å². The first kappa shape index (κ1) is 31.3. The average Bonchev–Trinajstić information content (AvgIpc) is 2.83. The fourth-order valence-electron chi connectivity index (χ4n) is 4.55. The van der Waals surface area contributed by atoms with Crippen molar-refractivity contribution in [1.82, 2.24) is 14.8 Å². The zero-order valence-corrected chi connectivity index (χ0v) is 20.3. The molecule has 0 atom stereocenters. The maximum Gasteiger partial charge on any atom is 0.490 e. The van der Waals surface area contributed by atoms with E-state index in [1.807, 2.05) is 23.1 Å². The van der Waals surface area contributed by atoms with E-state index in [4.69, 9.17) is 24.5 Å². The van der Waals surface area contributed by atoms with E-state index in [2.05, 4.69) is 9.88 Å². The summed E-state index contributed by atoms with van der Waals surface area (Å²) in [7, 11) is 0. The molecule has 4 rings (SSSR count). The van der Waals surface area contributed by atoms with Gasteiger partial charge in [0, 0.05) is 44.1 Å². The summed E-state index contributed by atoms with van der Waals surface area (Å²) in [6.07, 6.45) is -3.01. The van der Waals surface area contributed by atoms with E-state index in [0.29, 0.717) is 11.8 Å². The Labute approximate surface area is 214 Å². The van der Waals surface area contributed by atoms with Crippen LogP contribution in [0.25, 0.3) is 0 Å². The number of rotatable bonds is 3. The first-order chi connectivity index (χ1) is 17.6. The number of likely N-dealkylation sites (tertiary alicyclic amines) is 1. The lowest BCUT2D eigenvalue weighted by atomic mass is 9.60. The summed E-state index contributed by atoms with van der Waals surface area (Å²) in [4.78, 5) is 39.2. The van der Waals surface area contributed by atoms with Crippen LogP contribution < -0.4 is 0 Å². The lowest BCUT2D eigenvalue weighted by Crippen LogP contribution is -2.57. The fourth-order valence-corrected chi connectivity index (χ4v) is 4.55. The van der Waals surface area contributed by atoms with Crippen molar-refractivity contribution >= 4 is 17.8 Å². The predicted octanol–water partition coefficient (Wildman–Crippen LogP) is 2.99. The average molecular weight is 557 g/mol. The second-order valence-corrected chi connectivity index (χ2v) is 9.19. The number of aromatic nitrogens is 1. The van der Waals surface area contributed by atoms with Crippen molar-refractivity contribution in [3.8, 4) is 0 Å². The molecule has 0 bridgehead atoms. The second kappa shape index (κ2) is 13.2. The van der Waals surface area contributed by atoms with Crippen molar-refractivity contribution in [2.45, 2.75) is 50.5 Å². The van der Waals surface area contributed by atoms with Crippen molar-refractivity contribution in [1.29, 1.82) is 0 Å². The van der Waals surface area contributed by atoms with Gasteiger partial charge in [0.1, 0.15) is 0 Å². The number of aliphatic carboxylic acids is 2. The molecule has 9 nitrogen and oxygen atoms in total. The number of carboxylic acids is 2. The van der Waals surface area contributed by atoms with E-state index in [0.717, 1.165) is 51.1 Å². The zero-order chi connectivity index (χ0) is 28.6. The molecule has 1 spiro atoms. The van der Waals surface area contributed by atoms with Gasteiger partial charge in [-0.05, 0) is 43.2 Å². The first-order valence-corrected chi connectivity index (χ1v) is 11.7. The molecule has 0 radical (unpaired) electrons. The molecular formula is C23H29F6N3O6. The maximum absolute atomic E-state index is 12.5. The molecule has 1 amide bonds. The quantitative estimate of drug-likeness (QED) is 0.545. The molecule has 2 N–H and O–H groups in total. The Balaban J connectivity index is 0.000000301. The standard InChI is InChI=1S/C19H27N3O2.2C2HF3O2/c23-18(13-16-3-1-2-6-20-16)22-7-4-19(5-8-22)14-17(15-19)21-9-11-24-12-10-21;2*3-2(4,5)1(6)7/h1-3,6,17H,4-5,7-15H2;2*(H,6,7). The highest BCUT2D eigenvalue weighted by molar-refractivity contribution is 5.78. The molecule has 1 saturated carbocycles. The van der Waals surface area contributed by atoms with Crippen LogP contribution in [0.5, 0.6) is 0 Å². The van der Waals surface area contributed by atoms with Crippen LogP contribution in [0.4, 0.5) is 26.3 Å². The van der Waals surface area contributed by atoms with Gasteiger partial charge in [-0.1, -0.05) is 6.07 Å². The molecule has 214 valence electrons. The number of carbonyl (C=O) groups is 3. The summed E-state index contributed by atoms with van der Waals surface area (Å²) in [6, 6.07) is 6.52. The van der Waals surface area contributed by atoms with Crippen molar-refractivity contribution in [2.24, 2.45) is 5.41 Å². The third-order valence-corrected chi connectivity index (χ3v) is 6.62. The number of hydrogen-bond donors (Lipinski definition) is 2. The van der Waals surface area contributed by atoms with Gasteiger partial charge < -0.3 is 19.8 Å². The fraction of sp³-hybridized carbons (Fsp3) is 0.652. The van der Waals surface area contributed by atoms with Gasteiger partial charge in [0.15, 0.2) is 0 Å². The van der Waals surface area contributed by atoms with Crippen LogP contribution in [-0.4, -0.2) is 101 Å². The summed E-state index contributed by atoms with van der Waals surface area (Å²) in [6.45, 7) is 5.80. The molecule has 0 aromatic carbocycles. The van der Waals surface area contributed by atoms with Crippen LogP contribution in [-0.2, 0) is 25.5 Å². The molecular weight excluding hydrogens is 528 g/mol. The summed E-state index contributed by atoms with van der Waals surface area (Å²) >= 11 is 0. The van der Waals surface area contributed by atoms with Gasteiger partial charge in [0.05, 0.1) is 19.6 Å². The number of nitrogens with zero attached hydrogens (tertiary/aromatic N) is 3. The largest absolute Gasteiger partial charge is 0.490 e. The van der Waals surface area contributed by atoms with Crippen molar-refractivity contribution < 1.29 is 55.7 Å². The van der Waals surface area contributed by atoms with E-state index in [9.17, 15) is 31.1 Å². The molecule has 3 heterocycles. The van der Waals surface area contributed by atoms with Gasteiger partial charge in [-0.3, -0.25) is 14.7 Å². The Morgan fingerprint density at radius 2 is 1.42 bits per heavy atom. The van der Waals surface area contributed by atoms with E-state index in [-0.39, 0.29) is 5.91 Å². The minimum Gasteiger partial charge on any atom is -0.475 e. The number of halogens is 6. The van der Waals surface area contributed by atoms with Crippen LogP contribution in [0.2, 0.25) is 0 Å². The van der Waals surface area contributed by atoms with Crippen LogP contribution in [0.1, 0.15) is 31.4 Å². The van der Waals surface area contributed by atoms with Crippen LogP contribution in [0, 0.1) is 5.41 Å². The predicted molar refractivity (Wildman–Crippen MR) is 119 cm³/mol. The van der Waals surface area contributed by atoms with Crippen molar-refractivity contribution in [3.63, 3.8) is 0 Å². The molecule has 2 aliphatic heterocycles. The molecule has 1 aromatic rings. The molecule has 1 aliphatic carbocycles. The number of pyridine rings is 1. The minimum atomic E-state index is -5.08. The van der Waals surface area contributed by atoms with Crippen molar-refractivity contribution in [3.05, 3.63) is 30.1 Å². The van der Waals surface area contributed by atoms with Gasteiger partial charge >= 0.3 is 24.3 Å². The smallest absolute Gasteiger partial charge is 0.475 e. The van der Waals surface area contributed by atoms with Crippen LogP contribution >= 0.6 is 0 Å². The second-order valence-electron chi connectivity index (χ2n) is 9.19. The Morgan fingerprint density at radius 3 is 1.84 bits per heavy atom. The van der Waals surface area contributed by atoms with E-state index in [1.165, 1.54) is 25.7 Å². The lowest BCUT2D eigenvalue weighted by molar-refractivity contribution is -0.193. The van der Waals surface area contributed by atoms with Gasteiger partial charge in [0.2, 0.25) is 5.91 Å².